The highest BCUT2D eigenvalue weighted by Gasteiger charge is 2.68. The van der Waals surface area contributed by atoms with E-state index in [1.165, 1.54) is 0 Å². The van der Waals surface area contributed by atoms with Gasteiger partial charge in [0.2, 0.25) is 0 Å². The lowest BCUT2D eigenvalue weighted by atomic mass is 10.0. The van der Waals surface area contributed by atoms with Crippen molar-refractivity contribution in [2.24, 2.45) is 22.7 Å². The molecule has 1 aliphatic carbocycles. The third kappa shape index (κ3) is 4.34. The zero-order chi connectivity index (χ0) is 24.0. The van der Waals surface area contributed by atoms with Crippen LogP contribution in [0.15, 0.2) is 36.5 Å². The van der Waals surface area contributed by atoms with Crippen molar-refractivity contribution in [3.8, 4) is 5.75 Å². The maximum absolute atomic E-state index is 13.6. The van der Waals surface area contributed by atoms with E-state index in [4.69, 9.17) is 14.6 Å². The summed E-state index contributed by atoms with van der Waals surface area (Å²) in [6.45, 7) is 10.8. The van der Waals surface area contributed by atoms with Crippen LogP contribution in [0.3, 0.4) is 0 Å². The number of nitrogens with zero attached hydrogens (tertiary/aromatic N) is 1. The Balaban J connectivity index is 1.69. The first-order valence-corrected chi connectivity index (χ1v) is 11.4. The number of hydrogen-bond acceptors (Lipinski definition) is 5. The van der Waals surface area contributed by atoms with E-state index < -0.39 is 11.9 Å². The van der Waals surface area contributed by atoms with Crippen LogP contribution in [0.2, 0.25) is 0 Å². The van der Waals surface area contributed by atoms with E-state index >= 15 is 0 Å². The number of aliphatic carboxylic acids is 1. The molecule has 7 nitrogen and oxygen atoms in total. The predicted octanol–water partition coefficient (Wildman–Crippen LogP) is 4.48. The minimum atomic E-state index is -1.22. The van der Waals surface area contributed by atoms with Crippen LogP contribution in [-0.4, -0.2) is 40.6 Å². The fourth-order valence-corrected chi connectivity index (χ4v) is 5.19. The molecule has 2 aromatic rings. The second-order valence-corrected chi connectivity index (χ2v) is 10.3. The van der Waals surface area contributed by atoms with Crippen molar-refractivity contribution in [1.82, 2.24) is 4.57 Å². The standard InChI is InChI=1S/C26H31NO6/c1-25(2)24(26(25,3)4)23(31)19-15-27(14-16-9-11-32-12-10-16)20-13-17(5-6-18(19)20)33-22(30)8-7-21(28)29/h5-8,13,15-16,24H,9-12,14H2,1-4H3,(H,28,29)/b8-7+. The minimum absolute atomic E-state index is 0.0502. The molecule has 2 fully saturated rings. The second-order valence-electron chi connectivity index (χ2n) is 10.3. The van der Waals surface area contributed by atoms with E-state index in [0.29, 0.717) is 17.2 Å². The van der Waals surface area contributed by atoms with Gasteiger partial charge in [-0.15, -0.1) is 0 Å². The zero-order valence-electron chi connectivity index (χ0n) is 19.6. The summed E-state index contributed by atoms with van der Waals surface area (Å²) in [7, 11) is 0. The smallest absolute Gasteiger partial charge is 0.336 e. The molecule has 1 aromatic carbocycles. The number of ketones is 1. The van der Waals surface area contributed by atoms with Crippen LogP contribution in [0, 0.1) is 22.7 Å². The van der Waals surface area contributed by atoms with Crippen LogP contribution in [0.1, 0.15) is 50.9 Å². The van der Waals surface area contributed by atoms with Crippen LogP contribution < -0.4 is 4.74 Å². The van der Waals surface area contributed by atoms with Crippen molar-refractivity contribution in [2.45, 2.75) is 47.1 Å². The second kappa shape index (κ2) is 8.45. The van der Waals surface area contributed by atoms with E-state index in [1.807, 2.05) is 12.3 Å². The Hall–Kier alpha value is -2.93. The van der Waals surface area contributed by atoms with Crippen LogP contribution in [0.5, 0.6) is 5.75 Å². The summed E-state index contributed by atoms with van der Waals surface area (Å²) in [5.41, 5.74) is 1.40. The van der Waals surface area contributed by atoms with Gasteiger partial charge in [0.25, 0.3) is 0 Å². The van der Waals surface area contributed by atoms with E-state index in [0.717, 1.165) is 55.7 Å². The summed E-state index contributed by atoms with van der Waals surface area (Å²) in [6.07, 6.45) is 5.48. The van der Waals surface area contributed by atoms with Crippen LogP contribution >= 0.6 is 0 Å². The number of carbonyl (C=O) groups is 3. The van der Waals surface area contributed by atoms with E-state index in [9.17, 15) is 14.4 Å². The quantitative estimate of drug-likeness (QED) is 0.287. The third-order valence-electron chi connectivity index (χ3n) is 7.78. The van der Waals surface area contributed by atoms with Crippen molar-refractivity contribution in [3.05, 3.63) is 42.1 Å². The Morgan fingerprint density at radius 1 is 1.12 bits per heavy atom. The molecule has 0 bridgehead atoms. The largest absolute Gasteiger partial charge is 0.478 e. The van der Waals surface area contributed by atoms with Gasteiger partial charge in [-0.05, 0) is 41.7 Å². The number of ether oxygens (including phenoxy) is 2. The average Bonchev–Trinajstić information content (AvgIpc) is 3.01. The number of carboxylic acid groups (broad SMARTS) is 1. The van der Waals surface area contributed by atoms with Crippen molar-refractivity contribution in [3.63, 3.8) is 0 Å². The molecule has 4 rings (SSSR count). The summed E-state index contributed by atoms with van der Waals surface area (Å²) in [5, 5.41) is 9.54. The topological polar surface area (TPSA) is 94.8 Å². The fourth-order valence-electron chi connectivity index (χ4n) is 5.19. The van der Waals surface area contributed by atoms with Gasteiger partial charge in [-0.1, -0.05) is 27.7 Å². The highest BCUT2D eigenvalue weighted by molar-refractivity contribution is 6.11. The summed E-state index contributed by atoms with van der Waals surface area (Å²) >= 11 is 0. The van der Waals surface area contributed by atoms with E-state index in [2.05, 4.69) is 32.3 Å². The monoisotopic (exact) mass is 453 g/mol. The molecule has 0 unspecified atom stereocenters. The fraction of sp³-hybridized carbons (Fsp3) is 0.500. The molecular formula is C26H31NO6. The molecule has 0 atom stereocenters. The van der Waals surface area contributed by atoms with Gasteiger partial charge < -0.3 is 19.1 Å². The lowest BCUT2D eigenvalue weighted by Crippen LogP contribution is -2.20. The Bertz CT molecular complexity index is 1120. The molecule has 1 N–H and O–H groups in total. The molecule has 2 aliphatic rings. The molecule has 2 heterocycles. The summed E-state index contributed by atoms with van der Waals surface area (Å²) < 4.78 is 12.9. The van der Waals surface area contributed by atoms with Gasteiger partial charge in [-0.25, -0.2) is 9.59 Å². The van der Waals surface area contributed by atoms with Gasteiger partial charge >= 0.3 is 11.9 Å². The third-order valence-corrected chi connectivity index (χ3v) is 7.78. The lowest BCUT2D eigenvalue weighted by molar-refractivity contribution is -0.133. The Morgan fingerprint density at radius 3 is 2.39 bits per heavy atom. The molecule has 33 heavy (non-hydrogen) atoms. The molecule has 1 saturated carbocycles. The van der Waals surface area contributed by atoms with Crippen molar-refractivity contribution >= 4 is 28.6 Å². The number of aromatic nitrogens is 1. The van der Waals surface area contributed by atoms with Gasteiger partial charge in [0, 0.05) is 61.0 Å². The van der Waals surface area contributed by atoms with Crippen LogP contribution in [0.25, 0.3) is 10.9 Å². The van der Waals surface area contributed by atoms with Gasteiger partial charge in [-0.2, -0.15) is 0 Å². The predicted molar refractivity (Wildman–Crippen MR) is 123 cm³/mol. The molecule has 1 aromatic heterocycles. The van der Waals surface area contributed by atoms with Crippen molar-refractivity contribution in [2.75, 3.05) is 13.2 Å². The zero-order valence-corrected chi connectivity index (χ0v) is 19.6. The molecular weight excluding hydrogens is 422 g/mol. The number of carbonyl (C=O) groups excluding carboxylic acids is 2. The molecule has 0 spiro atoms. The lowest BCUT2D eigenvalue weighted by Gasteiger charge is -2.22. The minimum Gasteiger partial charge on any atom is -0.478 e. The Labute approximate surface area is 193 Å². The SMILES string of the molecule is CC1(C)C(C(=O)c2cn(CC3CCOCC3)c3cc(OC(=O)/C=C/C(=O)O)ccc23)C1(C)C. The summed E-state index contributed by atoms with van der Waals surface area (Å²) in [4.78, 5) is 36.2. The Kier molecular flexibility index (Phi) is 5.95. The van der Waals surface area contributed by atoms with Gasteiger partial charge in [0.05, 0.1) is 5.52 Å². The highest BCUT2D eigenvalue weighted by Crippen LogP contribution is 2.69. The number of fused-ring (bicyclic) bond motifs is 1. The molecule has 1 saturated heterocycles. The Morgan fingerprint density at radius 2 is 1.79 bits per heavy atom. The summed E-state index contributed by atoms with van der Waals surface area (Å²) in [5.74, 6) is -1.14. The number of carboxylic acids is 1. The number of esters is 1. The van der Waals surface area contributed by atoms with Crippen molar-refractivity contribution in [1.29, 1.82) is 0 Å². The first-order chi connectivity index (χ1) is 15.5. The first-order valence-electron chi connectivity index (χ1n) is 11.4. The maximum atomic E-state index is 13.6. The number of Topliss-reactive ketones (excluding diaryl/α,β-unsaturated/α-hetero) is 1. The number of benzene rings is 1. The number of hydrogen-bond donors (Lipinski definition) is 1. The van der Waals surface area contributed by atoms with Gasteiger partial charge in [0.15, 0.2) is 5.78 Å². The first kappa shape index (κ1) is 23.2. The molecule has 0 radical (unpaired) electrons. The van der Waals surface area contributed by atoms with E-state index in [-0.39, 0.29) is 22.5 Å². The molecule has 176 valence electrons. The van der Waals surface area contributed by atoms with Gasteiger partial charge in [0.1, 0.15) is 5.75 Å². The average molecular weight is 454 g/mol. The number of rotatable bonds is 7. The normalized spacial score (nSPS) is 20.2. The van der Waals surface area contributed by atoms with E-state index in [1.54, 1.807) is 12.1 Å². The van der Waals surface area contributed by atoms with Gasteiger partial charge in [-0.3, -0.25) is 4.79 Å². The maximum Gasteiger partial charge on any atom is 0.336 e. The highest BCUT2D eigenvalue weighted by atomic mass is 16.5. The summed E-state index contributed by atoms with van der Waals surface area (Å²) in [6, 6.07) is 5.21. The van der Waals surface area contributed by atoms with Crippen LogP contribution in [0.4, 0.5) is 0 Å². The molecule has 0 amide bonds. The molecule has 7 heteroatoms. The van der Waals surface area contributed by atoms with Crippen molar-refractivity contribution < 1.29 is 29.0 Å². The van der Waals surface area contributed by atoms with Crippen LogP contribution in [-0.2, 0) is 20.9 Å². The molecule has 1 aliphatic heterocycles.